The summed E-state index contributed by atoms with van der Waals surface area (Å²) in [5.74, 6) is 0.00894. The van der Waals surface area contributed by atoms with Gasteiger partial charge in [-0.05, 0) is 42.7 Å². The monoisotopic (exact) mass is 370 g/mol. The average Bonchev–Trinajstić information content (AvgIpc) is 3.08. The molecule has 1 heterocycles. The third kappa shape index (κ3) is 5.00. The van der Waals surface area contributed by atoms with E-state index in [1.807, 2.05) is 45.2 Å². The van der Waals surface area contributed by atoms with Gasteiger partial charge in [-0.1, -0.05) is 52.2 Å². The lowest BCUT2D eigenvalue weighted by Gasteiger charge is -2.38. The summed E-state index contributed by atoms with van der Waals surface area (Å²) in [6, 6.07) is 11.1. The Morgan fingerprint density at radius 2 is 1.78 bits per heavy atom. The number of hydrogen-bond donors (Lipinski definition) is 0. The van der Waals surface area contributed by atoms with Crippen LogP contribution in [0.5, 0.6) is 0 Å². The van der Waals surface area contributed by atoms with E-state index in [1.165, 1.54) is 31.4 Å². The van der Waals surface area contributed by atoms with Crippen LogP contribution in [0.2, 0.25) is 0 Å². The Morgan fingerprint density at radius 3 is 2.41 bits per heavy atom. The van der Waals surface area contributed by atoms with Gasteiger partial charge in [0, 0.05) is 29.9 Å². The first-order chi connectivity index (χ1) is 12.8. The summed E-state index contributed by atoms with van der Waals surface area (Å²) < 4.78 is 15.3. The largest absolute Gasteiger partial charge is 0.345 e. The lowest BCUT2D eigenvalue weighted by atomic mass is 9.89. The van der Waals surface area contributed by atoms with Gasteiger partial charge >= 0.3 is 0 Å². The molecule has 1 aromatic carbocycles. The maximum atomic E-state index is 13.2. The Labute approximate surface area is 162 Å². The summed E-state index contributed by atoms with van der Waals surface area (Å²) in [7, 11) is 0. The Kier molecular flexibility index (Phi) is 6.03. The molecule has 4 heteroatoms. The van der Waals surface area contributed by atoms with Crippen LogP contribution >= 0.6 is 0 Å². The second-order valence-electron chi connectivity index (χ2n) is 8.73. The third-order valence-electron chi connectivity index (χ3n) is 5.44. The van der Waals surface area contributed by atoms with Crippen molar-refractivity contribution in [3.8, 4) is 0 Å². The van der Waals surface area contributed by atoms with E-state index in [-0.39, 0.29) is 17.1 Å². The fourth-order valence-corrected chi connectivity index (χ4v) is 3.90. The van der Waals surface area contributed by atoms with Gasteiger partial charge in [-0.15, -0.1) is 0 Å². The molecule has 1 fully saturated rings. The summed E-state index contributed by atoms with van der Waals surface area (Å²) in [6.45, 7) is 7.33. The SMILES string of the molecule is CC(C)(C)C(=O)N(Cc1cccn1Cc1ccc(F)cc1)C1CCCCC1. The van der Waals surface area contributed by atoms with Gasteiger partial charge in [-0.25, -0.2) is 4.39 Å². The molecule has 3 nitrogen and oxygen atoms in total. The van der Waals surface area contributed by atoms with Crippen LogP contribution in [0.15, 0.2) is 42.6 Å². The van der Waals surface area contributed by atoms with E-state index in [0.29, 0.717) is 19.1 Å². The van der Waals surface area contributed by atoms with Crippen molar-refractivity contribution >= 4 is 5.91 Å². The molecule has 1 aliphatic rings. The van der Waals surface area contributed by atoms with Gasteiger partial charge in [-0.3, -0.25) is 4.79 Å². The molecule has 2 aromatic rings. The second-order valence-corrected chi connectivity index (χ2v) is 8.73. The second kappa shape index (κ2) is 8.28. The van der Waals surface area contributed by atoms with Crippen LogP contribution < -0.4 is 0 Å². The highest BCUT2D eigenvalue weighted by atomic mass is 19.1. The van der Waals surface area contributed by atoms with Gasteiger partial charge in [-0.2, -0.15) is 0 Å². The fraction of sp³-hybridized carbons (Fsp3) is 0.522. The van der Waals surface area contributed by atoms with Crippen molar-refractivity contribution in [2.75, 3.05) is 0 Å². The highest BCUT2D eigenvalue weighted by Crippen LogP contribution is 2.29. The molecule has 0 saturated heterocycles. The molecule has 1 aromatic heterocycles. The van der Waals surface area contributed by atoms with Crippen LogP contribution in [0.4, 0.5) is 4.39 Å². The van der Waals surface area contributed by atoms with Gasteiger partial charge < -0.3 is 9.47 Å². The van der Waals surface area contributed by atoms with E-state index >= 15 is 0 Å². The predicted octanol–water partition coefficient (Wildman–Crippen LogP) is 5.38. The lowest BCUT2D eigenvalue weighted by molar-refractivity contribution is -0.143. The molecular weight excluding hydrogens is 339 g/mol. The maximum Gasteiger partial charge on any atom is 0.228 e. The molecule has 0 spiro atoms. The van der Waals surface area contributed by atoms with Crippen LogP contribution in [0.3, 0.4) is 0 Å². The molecule has 1 saturated carbocycles. The van der Waals surface area contributed by atoms with Gasteiger partial charge in [0.15, 0.2) is 0 Å². The summed E-state index contributed by atoms with van der Waals surface area (Å²) in [5.41, 5.74) is 1.80. The van der Waals surface area contributed by atoms with Crippen LogP contribution in [0.1, 0.15) is 64.1 Å². The number of benzene rings is 1. The summed E-state index contributed by atoms with van der Waals surface area (Å²) in [5, 5.41) is 0. The van der Waals surface area contributed by atoms with Crippen LogP contribution in [0.25, 0.3) is 0 Å². The Hall–Kier alpha value is -2.10. The van der Waals surface area contributed by atoms with E-state index in [9.17, 15) is 9.18 Å². The van der Waals surface area contributed by atoms with Crippen molar-refractivity contribution < 1.29 is 9.18 Å². The zero-order chi connectivity index (χ0) is 19.4. The molecule has 0 N–H and O–H groups in total. The molecule has 0 unspecified atom stereocenters. The highest BCUT2D eigenvalue weighted by molar-refractivity contribution is 5.81. The number of amides is 1. The minimum absolute atomic E-state index is 0.217. The zero-order valence-electron chi connectivity index (χ0n) is 16.7. The van der Waals surface area contributed by atoms with Crippen LogP contribution in [-0.4, -0.2) is 21.4 Å². The third-order valence-corrected chi connectivity index (χ3v) is 5.44. The number of carbonyl (C=O) groups excluding carboxylic acids is 1. The molecule has 0 radical (unpaired) electrons. The van der Waals surface area contributed by atoms with Gasteiger partial charge in [0.1, 0.15) is 5.82 Å². The number of hydrogen-bond acceptors (Lipinski definition) is 1. The molecule has 3 rings (SSSR count). The number of carbonyl (C=O) groups is 1. The molecule has 0 bridgehead atoms. The quantitative estimate of drug-likeness (QED) is 0.693. The molecule has 146 valence electrons. The standard InChI is InChI=1S/C23H31FN2O/c1-23(2,3)22(27)26(20-8-5-4-6-9-20)17-21-10-7-15-25(21)16-18-11-13-19(24)14-12-18/h7,10-15,20H,4-6,8-9,16-17H2,1-3H3. The van der Waals surface area contributed by atoms with Crippen molar-refractivity contribution in [2.24, 2.45) is 5.41 Å². The normalized spacial score (nSPS) is 15.7. The first kappa shape index (κ1) is 19.7. The van der Waals surface area contributed by atoms with Crippen molar-refractivity contribution in [3.63, 3.8) is 0 Å². The lowest BCUT2D eigenvalue weighted by Crippen LogP contribution is -2.46. The molecular formula is C23H31FN2O. The topological polar surface area (TPSA) is 25.2 Å². The van der Waals surface area contributed by atoms with E-state index in [0.717, 1.165) is 24.1 Å². The van der Waals surface area contributed by atoms with Crippen molar-refractivity contribution in [1.82, 2.24) is 9.47 Å². The van der Waals surface area contributed by atoms with Crippen molar-refractivity contribution in [2.45, 2.75) is 72.0 Å². The van der Waals surface area contributed by atoms with Crippen LogP contribution in [0, 0.1) is 11.2 Å². The molecule has 0 aliphatic heterocycles. The molecule has 1 amide bonds. The maximum absolute atomic E-state index is 13.2. The summed E-state index contributed by atoms with van der Waals surface area (Å²) in [4.78, 5) is 15.3. The minimum atomic E-state index is -0.383. The number of aromatic nitrogens is 1. The predicted molar refractivity (Wildman–Crippen MR) is 107 cm³/mol. The van der Waals surface area contributed by atoms with Gasteiger partial charge in [0.05, 0.1) is 6.54 Å². The van der Waals surface area contributed by atoms with E-state index in [4.69, 9.17) is 0 Å². The molecule has 27 heavy (non-hydrogen) atoms. The smallest absolute Gasteiger partial charge is 0.228 e. The fourth-order valence-electron chi connectivity index (χ4n) is 3.90. The van der Waals surface area contributed by atoms with Crippen LogP contribution in [-0.2, 0) is 17.9 Å². The zero-order valence-corrected chi connectivity index (χ0v) is 16.7. The number of halogens is 1. The Bertz CT molecular complexity index is 751. The molecule has 0 atom stereocenters. The Morgan fingerprint density at radius 1 is 1.11 bits per heavy atom. The van der Waals surface area contributed by atoms with Crippen molar-refractivity contribution in [3.05, 3.63) is 59.7 Å². The molecule has 1 aliphatic carbocycles. The van der Waals surface area contributed by atoms with Crippen molar-refractivity contribution in [1.29, 1.82) is 0 Å². The highest BCUT2D eigenvalue weighted by Gasteiger charge is 2.33. The average molecular weight is 371 g/mol. The number of nitrogens with zero attached hydrogens (tertiary/aromatic N) is 2. The minimum Gasteiger partial charge on any atom is -0.345 e. The van der Waals surface area contributed by atoms with E-state index in [1.54, 1.807) is 0 Å². The first-order valence-corrected chi connectivity index (χ1v) is 10.0. The van der Waals surface area contributed by atoms with E-state index < -0.39 is 0 Å². The first-order valence-electron chi connectivity index (χ1n) is 10.0. The van der Waals surface area contributed by atoms with Gasteiger partial charge in [0.25, 0.3) is 0 Å². The van der Waals surface area contributed by atoms with E-state index in [2.05, 4.69) is 15.5 Å². The summed E-state index contributed by atoms with van der Waals surface area (Å²) in [6.07, 6.45) is 7.92. The summed E-state index contributed by atoms with van der Waals surface area (Å²) >= 11 is 0. The Balaban J connectivity index is 1.80. The number of rotatable bonds is 5. The van der Waals surface area contributed by atoms with Gasteiger partial charge in [0.2, 0.25) is 5.91 Å².